The summed E-state index contributed by atoms with van der Waals surface area (Å²) in [6, 6.07) is 14.2. The number of nitrogens with zero attached hydrogens (tertiary/aromatic N) is 4. The van der Waals surface area contributed by atoms with Crippen LogP contribution in [0.4, 0.5) is 5.13 Å². The zero-order valence-electron chi connectivity index (χ0n) is 18.9. The van der Waals surface area contributed by atoms with Crippen LogP contribution < -0.4 is 9.64 Å². The number of ether oxygens (including phenoxy) is 1. The second-order valence-corrected chi connectivity index (χ2v) is 9.86. The molecule has 0 N–H and O–H groups in total. The molecule has 0 bridgehead atoms. The normalized spacial score (nSPS) is 11.1. The number of hydrogen-bond donors (Lipinski definition) is 0. The van der Waals surface area contributed by atoms with Crippen molar-refractivity contribution < 1.29 is 9.53 Å². The minimum atomic E-state index is 0.0561. The average molecular weight is 481 g/mol. The van der Waals surface area contributed by atoms with Gasteiger partial charge in [-0.2, -0.15) is 0 Å². The van der Waals surface area contributed by atoms with Crippen LogP contribution in [0.1, 0.15) is 25.8 Å². The standard InChI is InChI=1S/C25H28N4O2S2/c1-3-31-20-8-11-22-23(17-20)33-25(27-22)29(14-5-13-28-15-12-26-18-28)24(30)16-19-6-9-21(10-7-19)32-4-2/h6-12,15,17-18H,3-5,13-14,16H2,1-2H3. The molecule has 8 heteroatoms. The zero-order valence-corrected chi connectivity index (χ0v) is 20.6. The van der Waals surface area contributed by atoms with Crippen molar-refractivity contribution in [1.82, 2.24) is 14.5 Å². The van der Waals surface area contributed by atoms with E-state index in [1.807, 2.05) is 52.9 Å². The van der Waals surface area contributed by atoms with Gasteiger partial charge in [0.1, 0.15) is 5.75 Å². The first kappa shape index (κ1) is 23.3. The molecule has 0 atom stereocenters. The van der Waals surface area contributed by atoms with Gasteiger partial charge < -0.3 is 9.30 Å². The van der Waals surface area contributed by atoms with Gasteiger partial charge in [-0.1, -0.05) is 30.4 Å². The number of thioether (sulfide) groups is 1. The molecule has 0 fully saturated rings. The number of carbonyl (C=O) groups excluding carboxylic acids is 1. The maximum atomic E-state index is 13.4. The van der Waals surface area contributed by atoms with E-state index >= 15 is 0 Å². The largest absolute Gasteiger partial charge is 0.494 e. The Kier molecular flexibility index (Phi) is 8.01. The molecule has 6 nitrogen and oxygen atoms in total. The summed E-state index contributed by atoms with van der Waals surface area (Å²) in [5, 5.41) is 0.729. The maximum absolute atomic E-state index is 13.4. The Morgan fingerprint density at radius 1 is 1.18 bits per heavy atom. The number of anilines is 1. The van der Waals surface area contributed by atoms with Crippen LogP contribution in [-0.2, 0) is 17.8 Å². The van der Waals surface area contributed by atoms with E-state index < -0.39 is 0 Å². The van der Waals surface area contributed by atoms with Gasteiger partial charge in [0.2, 0.25) is 5.91 Å². The van der Waals surface area contributed by atoms with E-state index in [-0.39, 0.29) is 5.91 Å². The summed E-state index contributed by atoms with van der Waals surface area (Å²) in [6.45, 7) is 6.12. The average Bonchev–Trinajstić information content (AvgIpc) is 3.48. The summed E-state index contributed by atoms with van der Waals surface area (Å²) in [7, 11) is 0. The van der Waals surface area contributed by atoms with Gasteiger partial charge in [-0.15, -0.1) is 11.8 Å². The van der Waals surface area contributed by atoms with E-state index in [9.17, 15) is 4.79 Å². The molecule has 172 valence electrons. The number of rotatable bonds is 11. The summed E-state index contributed by atoms with van der Waals surface area (Å²) in [5.41, 5.74) is 1.90. The summed E-state index contributed by atoms with van der Waals surface area (Å²) in [6.07, 6.45) is 6.67. The third-order valence-electron chi connectivity index (χ3n) is 5.14. The van der Waals surface area contributed by atoms with E-state index in [4.69, 9.17) is 9.72 Å². The minimum absolute atomic E-state index is 0.0561. The first-order valence-electron chi connectivity index (χ1n) is 11.2. The van der Waals surface area contributed by atoms with Crippen molar-refractivity contribution in [2.45, 2.75) is 38.1 Å². The molecule has 33 heavy (non-hydrogen) atoms. The summed E-state index contributed by atoms with van der Waals surface area (Å²) < 4.78 is 8.68. The fourth-order valence-corrected chi connectivity index (χ4v) is 5.26. The molecular weight excluding hydrogens is 452 g/mol. The van der Waals surface area contributed by atoms with Crippen molar-refractivity contribution in [2.24, 2.45) is 0 Å². The Bertz CT molecular complexity index is 1170. The topological polar surface area (TPSA) is 60.2 Å². The smallest absolute Gasteiger partial charge is 0.233 e. The molecule has 2 heterocycles. The van der Waals surface area contributed by atoms with Gasteiger partial charge >= 0.3 is 0 Å². The van der Waals surface area contributed by atoms with E-state index in [2.05, 4.69) is 24.0 Å². The molecule has 0 radical (unpaired) electrons. The van der Waals surface area contributed by atoms with Gasteiger partial charge in [0.05, 0.1) is 29.6 Å². The highest BCUT2D eigenvalue weighted by Gasteiger charge is 2.20. The van der Waals surface area contributed by atoms with Crippen LogP contribution >= 0.6 is 23.1 Å². The van der Waals surface area contributed by atoms with Crippen molar-refractivity contribution >= 4 is 44.4 Å². The predicted molar refractivity (Wildman–Crippen MR) is 137 cm³/mol. The number of amides is 1. The zero-order chi connectivity index (χ0) is 23.0. The van der Waals surface area contributed by atoms with Crippen molar-refractivity contribution in [1.29, 1.82) is 0 Å². The molecular formula is C25H28N4O2S2. The highest BCUT2D eigenvalue weighted by molar-refractivity contribution is 7.99. The van der Waals surface area contributed by atoms with Crippen molar-refractivity contribution in [3.05, 3.63) is 66.7 Å². The third kappa shape index (κ3) is 6.15. The van der Waals surface area contributed by atoms with E-state index in [1.54, 1.807) is 24.3 Å². The lowest BCUT2D eigenvalue weighted by molar-refractivity contribution is -0.118. The van der Waals surface area contributed by atoms with Gasteiger partial charge in [0, 0.05) is 30.4 Å². The molecule has 2 aromatic carbocycles. The minimum Gasteiger partial charge on any atom is -0.494 e. The highest BCUT2D eigenvalue weighted by atomic mass is 32.2. The number of hydrogen-bond acceptors (Lipinski definition) is 6. The molecule has 4 aromatic rings. The van der Waals surface area contributed by atoms with E-state index in [0.29, 0.717) is 19.6 Å². The number of aromatic nitrogens is 3. The van der Waals surface area contributed by atoms with Gasteiger partial charge in [0.15, 0.2) is 5.13 Å². The number of fused-ring (bicyclic) bond motifs is 1. The van der Waals surface area contributed by atoms with Crippen LogP contribution in [0.5, 0.6) is 5.75 Å². The van der Waals surface area contributed by atoms with Crippen LogP contribution in [-0.4, -0.2) is 39.3 Å². The Morgan fingerprint density at radius 3 is 2.76 bits per heavy atom. The number of aryl methyl sites for hydroxylation is 1. The van der Waals surface area contributed by atoms with Gasteiger partial charge in [0.25, 0.3) is 0 Å². The molecule has 2 aromatic heterocycles. The Morgan fingerprint density at radius 2 is 2.03 bits per heavy atom. The SMILES string of the molecule is CCOc1ccc2nc(N(CCCn3ccnc3)C(=O)Cc3ccc(SCC)cc3)sc2c1. The summed E-state index contributed by atoms with van der Waals surface area (Å²) in [5.74, 6) is 1.91. The molecule has 0 saturated carbocycles. The van der Waals surface area contributed by atoms with Crippen molar-refractivity contribution in [2.75, 3.05) is 23.8 Å². The first-order valence-corrected chi connectivity index (χ1v) is 13.0. The molecule has 4 rings (SSSR count). The number of imidazole rings is 1. The van der Waals surface area contributed by atoms with Gasteiger partial charge in [-0.05, 0) is 55.0 Å². The molecule has 0 aliphatic rings. The van der Waals surface area contributed by atoms with Gasteiger partial charge in [-0.25, -0.2) is 9.97 Å². The Hall–Kier alpha value is -2.84. The van der Waals surface area contributed by atoms with Crippen LogP contribution in [0.25, 0.3) is 10.2 Å². The first-order chi connectivity index (χ1) is 16.2. The lowest BCUT2D eigenvalue weighted by Crippen LogP contribution is -2.33. The molecule has 0 spiro atoms. The fraction of sp³-hybridized carbons (Fsp3) is 0.320. The van der Waals surface area contributed by atoms with Gasteiger partial charge in [-0.3, -0.25) is 9.69 Å². The molecule has 0 aliphatic heterocycles. The van der Waals surface area contributed by atoms with Crippen LogP contribution in [0, 0.1) is 0 Å². The number of thiazole rings is 1. The van der Waals surface area contributed by atoms with Crippen LogP contribution in [0.2, 0.25) is 0 Å². The fourth-order valence-electron chi connectivity index (χ4n) is 3.56. The number of benzene rings is 2. The molecule has 0 saturated heterocycles. The molecule has 0 unspecified atom stereocenters. The lowest BCUT2D eigenvalue weighted by atomic mass is 10.1. The Labute approximate surface area is 202 Å². The maximum Gasteiger partial charge on any atom is 0.233 e. The van der Waals surface area contributed by atoms with Crippen molar-refractivity contribution in [3.8, 4) is 5.75 Å². The van der Waals surface area contributed by atoms with E-state index in [1.165, 1.54) is 16.2 Å². The molecule has 1 amide bonds. The third-order valence-corrected chi connectivity index (χ3v) is 7.07. The monoisotopic (exact) mass is 480 g/mol. The van der Waals surface area contributed by atoms with Crippen LogP contribution in [0.15, 0.2) is 66.1 Å². The summed E-state index contributed by atoms with van der Waals surface area (Å²) >= 11 is 3.33. The second kappa shape index (κ2) is 11.3. The quantitative estimate of drug-likeness (QED) is 0.259. The van der Waals surface area contributed by atoms with E-state index in [0.717, 1.165) is 45.4 Å². The highest BCUT2D eigenvalue weighted by Crippen LogP contribution is 2.32. The molecule has 0 aliphatic carbocycles. The second-order valence-electron chi connectivity index (χ2n) is 7.51. The predicted octanol–water partition coefficient (Wildman–Crippen LogP) is 5.67. The lowest BCUT2D eigenvalue weighted by Gasteiger charge is -2.20. The van der Waals surface area contributed by atoms with Crippen molar-refractivity contribution in [3.63, 3.8) is 0 Å². The van der Waals surface area contributed by atoms with Crippen LogP contribution in [0.3, 0.4) is 0 Å². The number of carbonyl (C=O) groups is 1. The summed E-state index contributed by atoms with van der Waals surface area (Å²) in [4.78, 5) is 25.3. The Balaban J connectivity index is 1.54.